The Bertz CT molecular complexity index is 649. The Morgan fingerprint density at radius 3 is 2.90 bits per heavy atom. The molecule has 2 saturated heterocycles. The van der Waals surface area contributed by atoms with Crippen molar-refractivity contribution in [3.63, 3.8) is 0 Å². The Balaban J connectivity index is 1.69. The van der Waals surface area contributed by atoms with Gasteiger partial charge in [-0.25, -0.2) is 9.37 Å². The summed E-state index contributed by atoms with van der Waals surface area (Å²) in [6, 6.07) is 7.88. The van der Waals surface area contributed by atoms with E-state index in [4.69, 9.17) is 4.98 Å². The molecule has 0 aliphatic carbocycles. The van der Waals surface area contributed by atoms with Crippen LogP contribution in [0, 0.1) is 12.7 Å². The number of aromatic nitrogens is 2. The highest BCUT2D eigenvalue weighted by Gasteiger charge is 2.41. The minimum Gasteiger partial charge on any atom is -0.345 e. The van der Waals surface area contributed by atoms with Gasteiger partial charge in [-0.2, -0.15) is 0 Å². The molecule has 3 heterocycles. The van der Waals surface area contributed by atoms with E-state index in [0.717, 1.165) is 22.8 Å². The van der Waals surface area contributed by atoms with Crippen LogP contribution in [0.3, 0.4) is 0 Å². The number of hydrogen-bond acceptors (Lipinski definition) is 2. The minimum atomic E-state index is -0.215. The summed E-state index contributed by atoms with van der Waals surface area (Å²) in [5, 5.41) is 3.63. The number of nitrogens with one attached hydrogen (secondary N) is 2. The number of fused-ring (bicyclic) bond motifs is 2. The third kappa shape index (κ3) is 1.86. The molecule has 4 heteroatoms. The average molecular weight is 271 g/mol. The van der Waals surface area contributed by atoms with Crippen LogP contribution < -0.4 is 5.32 Å². The number of imidazole rings is 1. The van der Waals surface area contributed by atoms with E-state index in [1.165, 1.54) is 25.3 Å². The number of aryl methyl sites for hydroxylation is 1. The predicted molar refractivity (Wildman–Crippen MR) is 76.0 cm³/mol. The molecule has 0 amide bonds. The van der Waals surface area contributed by atoms with Crippen molar-refractivity contribution in [2.45, 2.75) is 44.2 Å². The number of halogens is 1. The van der Waals surface area contributed by atoms with Gasteiger partial charge >= 0.3 is 0 Å². The molecule has 3 unspecified atom stereocenters. The first kappa shape index (κ1) is 12.1. The maximum atomic E-state index is 13.4. The summed E-state index contributed by atoms with van der Waals surface area (Å²) in [5.41, 5.74) is 2.75. The summed E-state index contributed by atoms with van der Waals surface area (Å²) < 4.78 is 13.4. The van der Waals surface area contributed by atoms with E-state index in [1.54, 1.807) is 12.1 Å². The van der Waals surface area contributed by atoms with Gasteiger partial charge in [0, 0.05) is 29.3 Å². The van der Waals surface area contributed by atoms with Gasteiger partial charge in [-0.1, -0.05) is 12.1 Å². The highest BCUT2D eigenvalue weighted by Crippen LogP contribution is 2.39. The Hall–Kier alpha value is -1.68. The van der Waals surface area contributed by atoms with Crippen LogP contribution in [0.15, 0.2) is 24.3 Å². The number of rotatable bonds is 2. The van der Waals surface area contributed by atoms with Crippen molar-refractivity contribution in [2.75, 3.05) is 0 Å². The Morgan fingerprint density at radius 2 is 2.20 bits per heavy atom. The molecule has 2 fully saturated rings. The third-order valence-electron chi connectivity index (χ3n) is 4.65. The average Bonchev–Trinajstić information content (AvgIpc) is 3.12. The second-order valence-corrected chi connectivity index (χ2v) is 6.00. The first-order chi connectivity index (χ1) is 9.70. The van der Waals surface area contributed by atoms with E-state index in [-0.39, 0.29) is 5.82 Å². The molecular formula is C16H18FN3. The molecule has 20 heavy (non-hydrogen) atoms. The van der Waals surface area contributed by atoms with Crippen LogP contribution >= 0.6 is 0 Å². The fraction of sp³-hybridized carbons (Fsp3) is 0.438. The fourth-order valence-corrected chi connectivity index (χ4v) is 3.70. The smallest absolute Gasteiger partial charge is 0.123 e. The van der Waals surface area contributed by atoms with Crippen LogP contribution in [-0.4, -0.2) is 22.1 Å². The molecule has 0 radical (unpaired) electrons. The summed E-state index contributed by atoms with van der Waals surface area (Å²) in [7, 11) is 0. The number of benzene rings is 1. The van der Waals surface area contributed by atoms with Crippen LogP contribution in [0.5, 0.6) is 0 Å². The lowest BCUT2D eigenvalue weighted by Gasteiger charge is -2.17. The van der Waals surface area contributed by atoms with Crippen molar-refractivity contribution in [2.24, 2.45) is 0 Å². The van der Waals surface area contributed by atoms with Gasteiger partial charge in [0.05, 0.1) is 5.69 Å². The summed E-state index contributed by atoms with van der Waals surface area (Å²) in [6.07, 6.45) is 3.70. The van der Waals surface area contributed by atoms with Crippen LogP contribution in [0.1, 0.15) is 36.7 Å². The van der Waals surface area contributed by atoms with E-state index in [9.17, 15) is 4.39 Å². The number of hydrogen-bond donors (Lipinski definition) is 2. The van der Waals surface area contributed by atoms with Gasteiger partial charge in [0.1, 0.15) is 11.6 Å². The molecule has 1 aromatic carbocycles. The lowest BCUT2D eigenvalue weighted by Crippen LogP contribution is -2.22. The molecule has 2 aromatic rings. The number of aromatic amines is 1. The maximum absolute atomic E-state index is 13.4. The molecule has 4 rings (SSSR count). The highest BCUT2D eigenvalue weighted by molar-refractivity contribution is 5.62. The van der Waals surface area contributed by atoms with Gasteiger partial charge in [-0.05, 0) is 38.3 Å². The minimum absolute atomic E-state index is 0.215. The predicted octanol–water partition coefficient (Wildman–Crippen LogP) is 3.13. The SMILES string of the molecule is Cc1[nH]c(C2CC3CCC2N3)nc1-c1cccc(F)c1. The largest absolute Gasteiger partial charge is 0.345 e. The lowest BCUT2D eigenvalue weighted by atomic mass is 9.89. The van der Waals surface area contributed by atoms with Crippen molar-refractivity contribution >= 4 is 0 Å². The lowest BCUT2D eigenvalue weighted by molar-refractivity contribution is 0.489. The molecule has 1 aromatic heterocycles. The fourth-order valence-electron chi connectivity index (χ4n) is 3.70. The Labute approximate surface area is 117 Å². The van der Waals surface area contributed by atoms with Crippen LogP contribution in [0.4, 0.5) is 4.39 Å². The van der Waals surface area contributed by atoms with E-state index in [2.05, 4.69) is 10.3 Å². The summed E-state index contributed by atoms with van der Waals surface area (Å²) in [5.74, 6) is 1.32. The zero-order valence-corrected chi connectivity index (χ0v) is 11.5. The molecule has 104 valence electrons. The van der Waals surface area contributed by atoms with Gasteiger partial charge in [-0.15, -0.1) is 0 Å². The molecule has 3 nitrogen and oxygen atoms in total. The third-order valence-corrected chi connectivity index (χ3v) is 4.65. The second kappa shape index (κ2) is 4.42. The maximum Gasteiger partial charge on any atom is 0.123 e. The number of nitrogens with zero attached hydrogens (tertiary/aromatic N) is 1. The van der Waals surface area contributed by atoms with Gasteiger partial charge in [0.2, 0.25) is 0 Å². The Morgan fingerprint density at radius 1 is 1.30 bits per heavy atom. The van der Waals surface area contributed by atoms with Crippen molar-refractivity contribution in [1.82, 2.24) is 15.3 Å². The van der Waals surface area contributed by atoms with Gasteiger partial charge in [-0.3, -0.25) is 0 Å². The molecule has 3 atom stereocenters. The number of H-pyrrole nitrogens is 1. The second-order valence-electron chi connectivity index (χ2n) is 6.00. The first-order valence-corrected chi connectivity index (χ1v) is 7.29. The van der Waals surface area contributed by atoms with Crippen molar-refractivity contribution in [3.05, 3.63) is 41.6 Å². The Kier molecular flexibility index (Phi) is 2.67. The summed E-state index contributed by atoms with van der Waals surface area (Å²) in [4.78, 5) is 8.18. The van der Waals surface area contributed by atoms with Gasteiger partial charge < -0.3 is 10.3 Å². The van der Waals surface area contributed by atoms with Crippen molar-refractivity contribution in [1.29, 1.82) is 0 Å². The molecule has 0 spiro atoms. The first-order valence-electron chi connectivity index (χ1n) is 7.29. The molecule has 2 aliphatic rings. The van der Waals surface area contributed by atoms with E-state index < -0.39 is 0 Å². The van der Waals surface area contributed by atoms with E-state index >= 15 is 0 Å². The molecule has 2 bridgehead atoms. The topological polar surface area (TPSA) is 40.7 Å². The molecular weight excluding hydrogens is 253 g/mol. The van der Waals surface area contributed by atoms with Crippen molar-refractivity contribution in [3.8, 4) is 11.3 Å². The zero-order valence-electron chi connectivity index (χ0n) is 11.5. The zero-order chi connectivity index (χ0) is 13.7. The molecule has 0 saturated carbocycles. The van der Waals surface area contributed by atoms with Gasteiger partial charge in [0.15, 0.2) is 0 Å². The molecule has 2 N–H and O–H groups in total. The van der Waals surface area contributed by atoms with Crippen LogP contribution in [0.25, 0.3) is 11.3 Å². The summed E-state index contributed by atoms with van der Waals surface area (Å²) >= 11 is 0. The van der Waals surface area contributed by atoms with Gasteiger partial charge in [0.25, 0.3) is 0 Å². The molecule has 2 aliphatic heterocycles. The highest BCUT2D eigenvalue weighted by atomic mass is 19.1. The standard InChI is InChI=1S/C16H18FN3/c1-9-15(10-3-2-4-11(17)7-10)20-16(18-9)13-8-12-5-6-14(13)19-12/h2-4,7,12-14,19H,5-6,8H2,1H3,(H,18,20). The normalized spacial score (nSPS) is 28.2. The monoisotopic (exact) mass is 271 g/mol. The van der Waals surface area contributed by atoms with Crippen LogP contribution in [-0.2, 0) is 0 Å². The van der Waals surface area contributed by atoms with Crippen LogP contribution in [0.2, 0.25) is 0 Å². The summed E-state index contributed by atoms with van der Waals surface area (Å²) in [6.45, 7) is 2.01. The van der Waals surface area contributed by atoms with E-state index in [0.29, 0.717) is 18.0 Å². The quantitative estimate of drug-likeness (QED) is 0.881. The van der Waals surface area contributed by atoms with E-state index in [1.807, 2.05) is 13.0 Å². The van der Waals surface area contributed by atoms with Crippen molar-refractivity contribution < 1.29 is 4.39 Å².